The summed E-state index contributed by atoms with van der Waals surface area (Å²) in [6.45, 7) is 11.5. The van der Waals surface area contributed by atoms with Gasteiger partial charge in [-0.05, 0) is 131 Å². The van der Waals surface area contributed by atoms with Crippen molar-refractivity contribution in [1.29, 1.82) is 0 Å². The summed E-state index contributed by atoms with van der Waals surface area (Å²) >= 11 is 0. The molecule has 0 aliphatic carbocycles. The van der Waals surface area contributed by atoms with Crippen molar-refractivity contribution in [3.63, 3.8) is 0 Å². The first-order valence-electron chi connectivity index (χ1n) is 16.0. The fraction of sp³-hybridized carbons (Fsp3) is 0.158. The van der Waals surface area contributed by atoms with Gasteiger partial charge >= 0.3 is 32.3 Å². The highest BCUT2D eigenvalue weighted by molar-refractivity contribution is 7.88. The average Bonchev–Trinajstić information content (AvgIpc) is 3.06. The Kier molecular flexibility index (Phi) is 10.9. The second kappa shape index (κ2) is 15.2. The van der Waals surface area contributed by atoms with E-state index in [9.17, 15) is 26.4 Å². The van der Waals surface area contributed by atoms with Gasteiger partial charge in [-0.3, -0.25) is 0 Å². The smallest absolute Gasteiger partial charge is 0.339 e. The molecule has 0 radical (unpaired) electrons. The molecule has 0 bridgehead atoms. The van der Waals surface area contributed by atoms with Gasteiger partial charge in [0.15, 0.2) is 0 Å². The van der Waals surface area contributed by atoms with E-state index in [2.05, 4.69) is 21.3 Å². The SMILES string of the molecule is Cc1cc(C)c(NC(=O)Nc2ccc(OS(=O)(=O)c3cccc(S(=O)(=O)Oc4ccc(NC(=O)Nc5c(C)cc(C)cc5C)cc4)c3)cc2)c(C)c1. The Morgan fingerprint density at radius 3 is 1.12 bits per heavy atom. The van der Waals surface area contributed by atoms with Crippen LogP contribution in [0.5, 0.6) is 11.5 Å². The fourth-order valence-electron chi connectivity index (χ4n) is 5.63. The van der Waals surface area contributed by atoms with Crippen LogP contribution in [0.25, 0.3) is 0 Å². The summed E-state index contributed by atoms with van der Waals surface area (Å²) in [7, 11) is -8.94. The Balaban J connectivity index is 1.19. The molecule has 14 heteroatoms. The van der Waals surface area contributed by atoms with E-state index in [1.54, 1.807) is 0 Å². The molecule has 52 heavy (non-hydrogen) atoms. The molecular weight excluding hydrogens is 705 g/mol. The minimum Gasteiger partial charge on any atom is -0.379 e. The molecule has 4 amide bonds. The van der Waals surface area contributed by atoms with Gasteiger partial charge in [0.1, 0.15) is 21.3 Å². The largest absolute Gasteiger partial charge is 0.379 e. The zero-order valence-electron chi connectivity index (χ0n) is 29.3. The molecule has 0 saturated carbocycles. The molecule has 0 unspecified atom stereocenters. The molecule has 0 saturated heterocycles. The standard InChI is InChI=1S/C38H38N4O8S2/c1-23-18-25(3)35(26(4)19-23)41-37(43)39-29-10-14-31(15-11-29)49-51(45,46)33-8-7-9-34(22-33)52(47,48)50-32-16-12-30(13-17-32)40-38(44)42-36-27(5)20-24(2)21-28(36)6/h7-22H,1-6H3,(H2,39,41,43)(H2,40,42,44). The maximum absolute atomic E-state index is 13.1. The highest BCUT2D eigenvalue weighted by atomic mass is 32.2. The number of benzene rings is 5. The van der Waals surface area contributed by atoms with E-state index < -0.39 is 42.1 Å². The van der Waals surface area contributed by atoms with E-state index in [-0.39, 0.29) is 11.5 Å². The van der Waals surface area contributed by atoms with Crippen LogP contribution in [0.4, 0.5) is 32.3 Å². The van der Waals surface area contributed by atoms with Crippen LogP contribution in [-0.2, 0) is 20.2 Å². The summed E-state index contributed by atoms with van der Waals surface area (Å²) in [6, 6.07) is 22.7. The Morgan fingerprint density at radius 2 is 0.788 bits per heavy atom. The predicted molar refractivity (Wildman–Crippen MR) is 202 cm³/mol. The zero-order valence-corrected chi connectivity index (χ0v) is 31.0. The van der Waals surface area contributed by atoms with Gasteiger partial charge < -0.3 is 29.6 Å². The van der Waals surface area contributed by atoms with Crippen LogP contribution in [0.1, 0.15) is 33.4 Å². The van der Waals surface area contributed by atoms with Crippen molar-refractivity contribution in [3.05, 3.63) is 130 Å². The summed E-state index contributed by atoms with van der Waals surface area (Å²) < 4.78 is 62.9. The molecule has 0 spiro atoms. The maximum Gasteiger partial charge on any atom is 0.339 e. The zero-order chi connectivity index (χ0) is 37.8. The Hall–Kier alpha value is -5.86. The van der Waals surface area contributed by atoms with Crippen molar-refractivity contribution in [2.45, 2.75) is 51.3 Å². The topological polar surface area (TPSA) is 169 Å². The number of aryl methyl sites for hydroxylation is 6. The van der Waals surface area contributed by atoms with Gasteiger partial charge in [0.25, 0.3) is 0 Å². The molecule has 5 rings (SSSR count). The number of anilines is 4. The Labute approximate surface area is 303 Å². The number of hydrogen-bond donors (Lipinski definition) is 4. The van der Waals surface area contributed by atoms with Gasteiger partial charge in [-0.2, -0.15) is 16.8 Å². The summed E-state index contributed by atoms with van der Waals surface area (Å²) in [6.07, 6.45) is 0. The number of hydrogen-bond acceptors (Lipinski definition) is 8. The second-order valence-electron chi connectivity index (χ2n) is 12.3. The third-order valence-electron chi connectivity index (χ3n) is 7.85. The molecule has 0 heterocycles. The van der Waals surface area contributed by atoms with E-state index in [1.807, 2.05) is 65.8 Å². The first kappa shape index (κ1) is 37.4. The van der Waals surface area contributed by atoms with Crippen LogP contribution in [0.15, 0.2) is 107 Å². The monoisotopic (exact) mass is 742 g/mol. The average molecular weight is 743 g/mol. The van der Waals surface area contributed by atoms with E-state index in [0.717, 1.165) is 39.4 Å². The third-order valence-corrected chi connectivity index (χ3v) is 10.3. The molecule has 12 nitrogen and oxygen atoms in total. The van der Waals surface area contributed by atoms with Crippen molar-refractivity contribution < 1.29 is 34.8 Å². The van der Waals surface area contributed by atoms with E-state index in [0.29, 0.717) is 22.7 Å². The van der Waals surface area contributed by atoms with Crippen LogP contribution in [0, 0.1) is 41.5 Å². The molecule has 4 N–H and O–H groups in total. The number of rotatable bonds is 10. The lowest BCUT2D eigenvalue weighted by molar-refractivity contribution is 0.261. The second-order valence-corrected chi connectivity index (χ2v) is 15.4. The van der Waals surface area contributed by atoms with Crippen molar-refractivity contribution in [2.75, 3.05) is 21.3 Å². The van der Waals surface area contributed by atoms with Gasteiger partial charge in [0, 0.05) is 22.7 Å². The molecule has 0 aromatic heterocycles. The van der Waals surface area contributed by atoms with Crippen LogP contribution >= 0.6 is 0 Å². The summed E-state index contributed by atoms with van der Waals surface area (Å²) in [5.41, 5.74) is 7.98. The normalized spacial score (nSPS) is 11.3. The number of carbonyl (C=O) groups is 2. The predicted octanol–water partition coefficient (Wildman–Crippen LogP) is 8.36. The molecule has 0 fully saturated rings. The number of urea groups is 2. The molecular formula is C38H38N4O8S2. The van der Waals surface area contributed by atoms with E-state index in [4.69, 9.17) is 8.37 Å². The first-order valence-corrected chi connectivity index (χ1v) is 18.8. The molecule has 0 aliphatic heterocycles. The lowest BCUT2D eigenvalue weighted by Crippen LogP contribution is -2.20. The highest BCUT2D eigenvalue weighted by Gasteiger charge is 2.23. The number of amides is 4. The maximum atomic E-state index is 13.1. The molecule has 5 aromatic carbocycles. The van der Waals surface area contributed by atoms with Gasteiger partial charge in [-0.25, -0.2) is 9.59 Å². The van der Waals surface area contributed by atoms with Crippen molar-refractivity contribution in [1.82, 2.24) is 0 Å². The van der Waals surface area contributed by atoms with Crippen LogP contribution < -0.4 is 29.6 Å². The van der Waals surface area contributed by atoms with Crippen molar-refractivity contribution in [3.8, 4) is 11.5 Å². The van der Waals surface area contributed by atoms with E-state index >= 15 is 0 Å². The third kappa shape index (κ3) is 9.27. The van der Waals surface area contributed by atoms with Crippen LogP contribution in [0.3, 0.4) is 0 Å². The first-order chi connectivity index (χ1) is 24.5. The summed E-state index contributed by atoms with van der Waals surface area (Å²) in [5, 5.41) is 11.0. The highest BCUT2D eigenvalue weighted by Crippen LogP contribution is 2.27. The molecule has 270 valence electrons. The number of nitrogens with one attached hydrogen (secondary N) is 4. The van der Waals surface area contributed by atoms with Crippen LogP contribution in [0.2, 0.25) is 0 Å². The lowest BCUT2D eigenvalue weighted by Gasteiger charge is -2.14. The van der Waals surface area contributed by atoms with Crippen LogP contribution in [-0.4, -0.2) is 28.9 Å². The summed E-state index contributed by atoms with van der Waals surface area (Å²) in [5.74, 6) is -0.126. The number of carbonyl (C=O) groups excluding carboxylic acids is 2. The van der Waals surface area contributed by atoms with Crippen molar-refractivity contribution in [2.24, 2.45) is 0 Å². The Bertz CT molecular complexity index is 2170. The quantitative estimate of drug-likeness (QED) is 0.104. The van der Waals surface area contributed by atoms with Gasteiger partial charge in [0.2, 0.25) is 0 Å². The fourth-order valence-corrected chi connectivity index (χ4v) is 7.66. The summed E-state index contributed by atoms with van der Waals surface area (Å²) in [4.78, 5) is 24.4. The minimum atomic E-state index is -4.47. The molecule has 0 atom stereocenters. The Morgan fingerprint density at radius 1 is 0.462 bits per heavy atom. The van der Waals surface area contributed by atoms with Gasteiger partial charge in [-0.1, -0.05) is 41.5 Å². The molecule has 5 aromatic rings. The van der Waals surface area contributed by atoms with Gasteiger partial charge in [-0.15, -0.1) is 0 Å². The molecule has 0 aliphatic rings. The lowest BCUT2D eigenvalue weighted by atomic mass is 10.1. The minimum absolute atomic E-state index is 0.0628. The van der Waals surface area contributed by atoms with E-state index in [1.165, 1.54) is 66.7 Å². The van der Waals surface area contributed by atoms with Gasteiger partial charge in [0.05, 0.1) is 0 Å². The van der Waals surface area contributed by atoms with Crippen molar-refractivity contribution >= 4 is 55.0 Å².